The second-order valence-electron chi connectivity index (χ2n) is 9.15. The van der Waals surface area contributed by atoms with Gasteiger partial charge in [0.1, 0.15) is 6.10 Å². The Kier molecular flexibility index (Phi) is 6.23. The van der Waals surface area contributed by atoms with Crippen LogP contribution < -0.4 is 11.2 Å². The third kappa shape index (κ3) is 4.79. The van der Waals surface area contributed by atoms with Crippen molar-refractivity contribution in [2.75, 3.05) is 0 Å². The van der Waals surface area contributed by atoms with Crippen LogP contribution in [0.5, 0.6) is 0 Å². The summed E-state index contributed by atoms with van der Waals surface area (Å²) in [5.74, 6) is -2.45. The summed E-state index contributed by atoms with van der Waals surface area (Å²) in [6.07, 6.45) is 1.60. The Balaban J connectivity index is 1.85. The van der Waals surface area contributed by atoms with Gasteiger partial charge in [-0.05, 0) is 52.9 Å². The monoisotopic (exact) mass is 446 g/mol. The second-order valence-corrected chi connectivity index (χ2v) is 11.1. The molecule has 0 bridgehead atoms. The Morgan fingerprint density at radius 1 is 1.37 bits per heavy atom. The summed E-state index contributed by atoms with van der Waals surface area (Å²) in [6.45, 7) is 8.55. The molecule has 11 heteroatoms. The summed E-state index contributed by atoms with van der Waals surface area (Å²) >= 11 is 0. The lowest BCUT2D eigenvalue weighted by molar-refractivity contribution is -0.162. The summed E-state index contributed by atoms with van der Waals surface area (Å²) in [7, 11) is -4.21. The molecule has 170 valence electrons. The summed E-state index contributed by atoms with van der Waals surface area (Å²) in [5, 5.41) is 9.82. The molecule has 3 N–H and O–H groups in total. The number of H-pyrrole nitrogens is 1. The highest BCUT2D eigenvalue weighted by molar-refractivity contribution is 7.53. The predicted molar refractivity (Wildman–Crippen MR) is 108 cm³/mol. The fourth-order valence-electron chi connectivity index (χ4n) is 4.53. The maximum atomic E-state index is 12.4. The number of aliphatic hydroxyl groups is 1. The smallest absolute Gasteiger partial charge is 0.356 e. The Bertz CT molecular complexity index is 939. The molecule has 0 spiro atoms. The highest BCUT2D eigenvalue weighted by Crippen LogP contribution is 2.54. The van der Waals surface area contributed by atoms with E-state index in [1.165, 1.54) is 16.8 Å². The third-order valence-electron chi connectivity index (χ3n) is 5.63. The first-order chi connectivity index (χ1) is 13.7. The zero-order chi connectivity index (χ0) is 22.5. The standard InChI is InChI=1S/C19H31N2O8P/c1-6-14(23)30(25,26)29-18(2,3)10-11-9-12(16-15(11)27-19(4,5)28-16)21-8-7-13(22)20-17(21)24/h7-8,11-12,14-16,23H,6,9-10H2,1-5H3,(H,25,26)(H,20,22,24)/t11-,12-,14?,15-,16+/m1/s1. The Hall–Kier alpha value is -1.29. The highest BCUT2D eigenvalue weighted by Gasteiger charge is 2.56. The van der Waals surface area contributed by atoms with Crippen LogP contribution in [0.3, 0.4) is 0 Å². The van der Waals surface area contributed by atoms with E-state index in [9.17, 15) is 24.2 Å². The van der Waals surface area contributed by atoms with Gasteiger partial charge in [0.25, 0.3) is 5.56 Å². The topological polar surface area (TPSA) is 140 Å². The van der Waals surface area contributed by atoms with Crippen molar-refractivity contribution in [1.82, 2.24) is 9.55 Å². The number of aliphatic hydroxyl groups excluding tert-OH is 1. The number of nitrogens with zero attached hydrogens (tertiary/aromatic N) is 1. The molecule has 0 aromatic carbocycles. The quantitative estimate of drug-likeness (QED) is 0.538. The lowest BCUT2D eigenvalue weighted by Crippen LogP contribution is -2.36. The Labute approximate surface area is 174 Å². The van der Waals surface area contributed by atoms with Crippen LogP contribution in [0.1, 0.15) is 59.9 Å². The molecular formula is C19H31N2O8P. The molecule has 6 atom stereocenters. The van der Waals surface area contributed by atoms with E-state index >= 15 is 0 Å². The van der Waals surface area contributed by atoms with Gasteiger partial charge in [-0.15, -0.1) is 0 Å². The van der Waals surface area contributed by atoms with E-state index in [1.807, 2.05) is 0 Å². The van der Waals surface area contributed by atoms with Gasteiger partial charge in [-0.1, -0.05) is 6.92 Å². The van der Waals surface area contributed by atoms with E-state index in [4.69, 9.17) is 14.0 Å². The van der Waals surface area contributed by atoms with Crippen LogP contribution in [0.4, 0.5) is 0 Å². The maximum Gasteiger partial charge on any atom is 0.356 e. The van der Waals surface area contributed by atoms with Crippen molar-refractivity contribution < 1.29 is 28.6 Å². The van der Waals surface area contributed by atoms with E-state index < -0.39 is 42.2 Å². The van der Waals surface area contributed by atoms with Gasteiger partial charge >= 0.3 is 13.3 Å². The number of rotatable bonds is 7. The highest BCUT2D eigenvalue weighted by atomic mass is 31.2. The predicted octanol–water partition coefficient (Wildman–Crippen LogP) is 1.72. The molecule has 2 unspecified atom stereocenters. The number of hydrogen-bond acceptors (Lipinski definition) is 7. The van der Waals surface area contributed by atoms with Gasteiger partial charge in [0.05, 0.1) is 17.7 Å². The molecule has 0 radical (unpaired) electrons. The van der Waals surface area contributed by atoms with Crippen molar-refractivity contribution in [3.63, 3.8) is 0 Å². The van der Waals surface area contributed by atoms with E-state index in [1.54, 1.807) is 34.6 Å². The largest absolute Gasteiger partial charge is 0.380 e. The Morgan fingerprint density at radius 2 is 2.00 bits per heavy atom. The first-order valence-corrected chi connectivity index (χ1v) is 11.8. The number of nitrogens with one attached hydrogen (secondary N) is 1. The van der Waals surface area contributed by atoms with E-state index in [-0.39, 0.29) is 24.5 Å². The SMILES string of the molecule is CCC(O)P(=O)(O)OC(C)(C)C[C@H]1C[C@@H](n2ccc(=O)[nH]c2=O)[C@@H]2OC(C)(C)O[C@H]12. The summed E-state index contributed by atoms with van der Waals surface area (Å²) in [6, 6.07) is 0.912. The average molecular weight is 446 g/mol. The van der Waals surface area contributed by atoms with Gasteiger partial charge in [-0.25, -0.2) is 4.79 Å². The molecule has 3 rings (SSSR count). The summed E-state index contributed by atoms with van der Waals surface area (Å²) in [5.41, 5.74) is -2.04. The van der Waals surface area contributed by atoms with Crippen LogP contribution in [-0.2, 0) is 18.6 Å². The molecule has 0 amide bonds. The van der Waals surface area contributed by atoms with Crippen LogP contribution in [0, 0.1) is 5.92 Å². The lowest BCUT2D eigenvalue weighted by Gasteiger charge is -2.33. The minimum absolute atomic E-state index is 0.0975. The average Bonchev–Trinajstić information content (AvgIpc) is 3.07. The summed E-state index contributed by atoms with van der Waals surface area (Å²) < 4.78 is 31.5. The van der Waals surface area contributed by atoms with Gasteiger partial charge in [0.2, 0.25) is 0 Å². The minimum Gasteiger partial charge on any atom is -0.380 e. The molecule has 1 aromatic rings. The molecule has 1 saturated heterocycles. The van der Waals surface area contributed by atoms with Crippen LogP contribution >= 0.6 is 7.60 Å². The van der Waals surface area contributed by atoms with Crippen LogP contribution in [-0.4, -0.2) is 49.0 Å². The number of ether oxygens (including phenoxy) is 2. The first-order valence-electron chi connectivity index (χ1n) is 10.1. The fraction of sp³-hybridized carbons (Fsp3) is 0.789. The van der Waals surface area contributed by atoms with E-state index in [0.717, 1.165) is 0 Å². The zero-order valence-corrected chi connectivity index (χ0v) is 18.8. The normalized spacial score (nSPS) is 31.3. The first kappa shape index (κ1) is 23.4. The van der Waals surface area contributed by atoms with Gasteiger partial charge < -0.3 is 24.0 Å². The number of aromatic nitrogens is 2. The maximum absolute atomic E-state index is 12.4. The van der Waals surface area contributed by atoms with E-state index in [2.05, 4.69) is 4.98 Å². The lowest BCUT2D eigenvalue weighted by atomic mass is 9.90. The summed E-state index contributed by atoms with van der Waals surface area (Å²) in [4.78, 5) is 36.2. The molecule has 1 aromatic heterocycles. The zero-order valence-electron chi connectivity index (χ0n) is 17.9. The second kappa shape index (κ2) is 8.00. The number of hydrogen-bond donors (Lipinski definition) is 3. The van der Waals surface area contributed by atoms with Gasteiger partial charge in [0, 0.05) is 12.3 Å². The molecule has 1 saturated carbocycles. The van der Waals surface area contributed by atoms with Crippen LogP contribution in [0.15, 0.2) is 21.9 Å². The molecule has 2 heterocycles. The third-order valence-corrected chi connectivity index (χ3v) is 7.51. The van der Waals surface area contributed by atoms with Crippen LogP contribution in [0.2, 0.25) is 0 Å². The van der Waals surface area contributed by atoms with Crippen molar-refractivity contribution in [2.24, 2.45) is 5.92 Å². The van der Waals surface area contributed by atoms with Crippen molar-refractivity contribution in [3.8, 4) is 0 Å². The molecular weight excluding hydrogens is 415 g/mol. The molecule has 2 aliphatic rings. The minimum atomic E-state index is -4.21. The van der Waals surface area contributed by atoms with Gasteiger partial charge in [0.15, 0.2) is 11.6 Å². The van der Waals surface area contributed by atoms with Crippen LogP contribution in [0.25, 0.3) is 0 Å². The molecule has 1 aliphatic heterocycles. The van der Waals surface area contributed by atoms with Crippen molar-refractivity contribution >= 4 is 7.60 Å². The number of aromatic amines is 1. The van der Waals surface area contributed by atoms with Crippen molar-refractivity contribution in [1.29, 1.82) is 0 Å². The fourth-order valence-corrected chi connectivity index (χ4v) is 5.90. The number of fused-ring (bicyclic) bond motifs is 1. The van der Waals surface area contributed by atoms with E-state index in [0.29, 0.717) is 12.8 Å². The molecule has 2 fully saturated rings. The van der Waals surface area contributed by atoms with Gasteiger partial charge in [-0.3, -0.25) is 18.9 Å². The molecule has 30 heavy (non-hydrogen) atoms. The Morgan fingerprint density at radius 3 is 2.60 bits per heavy atom. The van der Waals surface area contributed by atoms with Gasteiger partial charge in [-0.2, -0.15) is 0 Å². The molecule has 1 aliphatic carbocycles. The van der Waals surface area contributed by atoms with Crippen molar-refractivity contribution in [2.45, 2.75) is 89.4 Å². The molecule has 10 nitrogen and oxygen atoms in total. The van der Waals surface area contributed by atoms with Crippen molar-refractivity contribution in [3.05, 3.63) is 33.1 Å².